The molecule has 0 spiro atoms. The predicted molar refractivity (Wildman–Crippen MR) is 89.4 cm³/mol. The summed E-state index contributed by atoms with van der Waals surface area (Å²) in [5.74, 6) is -0.0456. The zero-order chi connectivity index (χ0) is 16.7. The minimum Gasteiger partial charge on any atom is -0.482 e. The van der Waals surface area contributed by atoms with Gasteiger partial charge >= 0.3 is 0 Å². The molecule has 0 saturated heterocycles. The maximum absolute atomic E-state index is 12.1. The Balaban J connectivity index is 2.84. The molecule has 1 rings (SSSR count). The minimum absolute atomic E-state index is 0.0833. The van der Waals surface area contributed by atoms with Gasteiger partial charge in [0.2, 0.25) is 0 Å². The lowest BCUT2D eigenvalue weighted by Gasteiger charge is -2.12. The van der Waals surface area contributed by atoms with Crippen LogP contribution < -0.4 is 10.1 Å². The molecular formula is C15H16Cl3NO3. The number of nitrogens with one attached hydrogen (secondary N) is 1. The van der Waals surface area contributed by atoms with Crippen molar-refractivity contribution in [3.05, 3.63) is 39.9 Å². The Morgan fingerprint density at radius 2 is 1.95 bits per heavy atom. The summed E-state index contributed by atoms with van der Waals surface area (Å²) < 4.78 is 5.29. The molecule has 0 aromatic heterocycles. The molecule has 0 unspecified atom stereocenters. The van der Waals surface area contributed by atoms with Crippen LogP contribution in [0.15, 0.2) is 24.3 Å². The fourth-order valence-electron chi connectivity index (χ4n) is 1.55. The number of halogens is 3. The molecule has 0 saturated carbocycles. The Hall–Kier alpha value is -1.23. The fourth-order valence-corrected chi connectivity index (χ4v) is 2.11. The molecule has 0 aliphatic carbocycles. The highest BCUT2D eigenvalue weighted by atomic mass is 35.5. The van der Waals surface area contributed by atoms with Crippen LogP contribution in [0.1, 0.15) is 23.7 Å². The molecule has 1 aromatic carbocycles. The van der Waals surface area contributed by atoms with E-state index in [4.69, 9.17) is 39.5 Å². The second-order valence-corrected chi connectivity index (χ2v) is 5.49. The van der Waals surface area contributed by atoms with Crippen LogP contribution in [0.2, 0.25) is 10.0 Å². The number of Topliss-reactive ketones (excluding diaryl/α,β-unsaturated/α-hetero) is 1. The quantitative estimate of drug-likeness (QED) is 0.433. The van der Waals surface area contributed by atoms with Crippen molar-refractivity contribution in [1.82, 2.24) is 5.32 Å². The lowest BCUT2D eigenvalue weighted by molar-refractivity contribution is -0.122. The molecule has 1 amide bonds. The van der Waals surface area contributed by atoms with Crippen LogP contribution in [0, 0.1) is 0 Å². The largest absolute Gasteiger partial charge is 0.482 e. The van der Waals surface area contributed by atoms with Gasteiger partial charge in [0.1, 0.15) is 10.8 Å². The number of benzene rings is 1. The third-order valence-electron chi connectivity index (χ3n) is 2.81. The number of carbonyl (C=O) groups is 2. The number of rotatable bonds is 8. The Kier molecular flexibility index (Phi) is 7.73. The third-order valence-corrected chi connectivity index (χ3v) is 3.87. The van der Waals surface area contributed by atoms with Gasteiger partial charge < -0.3 is 10.1 Å². The lowest BCUT2D eigenvalue weighted by atomic mass is 10.0. The molecule has 120 valence electrons. The van der Waals surface area contributed by atoms with Gasteiger partial charge in [-0.25, -0.2) is 0 Å². The van der Waals surface area contributed by atoms with Gasteiger partial charge in [0.25, 0.3) is 5.91 Å². The maximum atomic E-state index is 12.1. The van der Waals surface area contributed by atoms with E-state index < -0.39 is 0 Å². The van der Waals surface area contributed by atoms with Crippen molar-refractivity contribution >= 4 is 46.5 Å². The molecule has 0 atom stereocenters. The highest BCUT2D eigenvalue weighted by Crippen LogP contribution is 2.35. The van der Waals surface area contributed by atoms with Crippen molar-refractivity contribution < 1.29 is 14.3 Å². The van der Waals surface area contributed by atoms with Crippen molar-refractivity contribution in [3.8, 4) is 5.75 Å². The highest BCUT2D eigenvalue weighted by Gasteiger charge is 2.18. The van der Waals surface area contributed by atoms with Crippen molar-refractivity contribution in [2.24, 2.45) is 0 Å². The Labute approximate surface area is 144 Å². The first-order valence-corrected chi connectivity index (χ1v) is 7.87. The second-order valence-electron chi connectivity index (χ2n) is 4.35. The van der Waals surface area contributed by atoms with Gasteiger partial charge in [-0.3, -0.25) is 9.59 Å². The number of carbonyl (C=O) groups excluding carboxylic acids is 2. The summed E-state index contributed by atoms with van der Waals surface area (Å²) in [6.07, 6.45) is 0.520. The summed E-state index contributed by atoms with van der Waals surface area (Å²) in [6, 6.07) is 3.00. The zero-order valence-electron chi connectivity index (χ0n) is 12.0. The van der Waals surface area contributed by atoms with Crippen LogP contribution in [0.3, 0.4) is 0 Å². The standard InChI is InChI=1S/C15H16Cl3NO3/c1-3-9(2)15(21)10-4-5-11(14(18)13(10)17)22-8-12(20)19-7-6-16/h4-5H,2-3,6-8H2,1H3,(H,19,20). The Morgan fingerprint density at radius 1 is 1.27 bits per heavy atom. The fraction of sp³-hybridized carbons (Fsp3) is 0.333. The molecule has 0 aliphatic rings. The van der Waals surface area contributed by atoms with Gasteiger partial charge in [0.05, 0.1) is 5.02 Å². The summed E-state index contributed by atoms with van der Waals surface area (Å²) in [5.41, 5.74) is 0.699. The molecule has 0 aliphatic heterocycles. The molecule has 0 heterocycles. The van der Waals surface area contributed by atoms with Crippen molar-refractivity contribution in [2.45, 2.75) is 13.3 Å². The minimum atomic E-state index is -0.327. The van der Waals surface area contributed by atoms with E-state index in [9.17, 15) is 9.59 Å². The van der Waals surface area contributed by atoms with Gasteiger partial charge in [-0.1, -0.05) is 36.7 Å². The first-order valence-electron chi connectivity index (χ1n) is 6.58. The van der Waals surface area contributed by atoms with Crippen LogP contribution in [0.5, 0.6) is 5.75 Å². The molecular weight excluding hydrogens is 349 g/mol. The molecule has 0 bridgehead atoms. The van der Waals surface area contributed by atoms with Crippen molar-refractivity contribution in [1.29, 1.82) is 0 Å². The van der Waals surface area contributed by atoms with Crippen LogP contribution in [0.4, 0.5) is 0 Å². The van der Waals surface area contributed by atoms with E-state index in [1.54, 1.807) is 0 Å². The van der Waals surface area contributed by atoms with E-state index in [-0.39, 0.29) is 39.7 Å². The van der Waals surface area contributed by atoms with Gasteiger partial charge in [-0.05, 0) is 24.1 Å². The number of ether oxygens (including phenoxy) is 1. The monoisotopic (exact) mass is 363 g/mol. The van der Waals surface area contributed by atoms with Gasteiger partial charge in [0, 0.05) is 18.0 Å². The average Bonchev–Trinajstić information content (AvgIpc) is 2.52. The van der Waals surface area contributed by atoms with Crippen molar-refractivity contribution in [3.63, 3.8) is 0 Å². The summed E-state index contributed by atoms with van der Waals surface area (Å²) in [4.78, 5) is 23.5. The van der Waals surface area contributed by atoms with Gasteiger partial charge in [-0.15, -0.1) is 11.6 Å². The normalized spacial score (nSPS) is 10.2. The van der Waals surface area contributed by atoms with Crippen LogP contribution in [-0.4, -0.2) is 30.7 Å². The van der Waals surface area contributed by atoms with Gasteiger partial charge in [0.15, 0.2) is 12.4 Å². The smallest absolute Gasteiger partial charge is 0.257 e. The number of alkyl halides is 1. The third kappa shape index (κ3) is 4.90. The van der Waals surface area contributed by atoms with E-state index in [0.717, 1.165) is 0 Å². The SMILES string of the molecule is C=C(CC)C(=O)c1ccc(OCC(=O)NCCCl)c(Cl)c1Cl. The van der Waals surface area contributed by atoms with Crippen LogP contribution >= 0.6 is 34.8 Å². The van der Waals surface area contributed by atoms with E-state index in [1.807, 2.05) is 6.92 Å². The number of hydrogen-bond donors (Lipinski definition) is 1. The topological polar surface area (TPSA) is 55.4 Å². The van der Waals surface area contributed by atoms with Crippen LogP contribution in [-0.2, 0) is 4.79 Å². The van der Waals surface area contributed by atoms with Gasteiger partial charge in [-0.2, -0.15) is 0 Å². The molecule has 0 radical (unpaired) electrons. The van der Waals surface area contributed by atoms with E-state index in [2.05, 4.69) is 11.9 Å². The number of allylic oxidation sites excluding steroid dienone is 1. The molecule has 22 heavy (non-hydrogen) atoms. The average molecular weight is 365 g/mol. The molecule has 1 N–H and O–H groups in total. The molecule has 0 fully saturated rings. The number of hydrogen-bond acceptors (Lipinski definition) is 3. The van der Waals surface area contributed by atoms with E-state index >= 15 is 0 Å². The second kappa shape index (κ2) is 9.03. The summed E-state index contributed by atoms with van der Waals surface area (Å²) in [7, 11) is 0. The maximum Gasteiger partial charge on any atom is 0.257 e. The molecule has 1 aromatic rings. The highest BCUT2D eigenvalue weighted by molar-refractivity contribution is 6.45. The Bertz CT molecular complexity index is 588. The Morgan fingerprint density at radius 3 is 2.55 bits per heavy atom. The first kappa shape index (κ1) is 18.8. The summed E-state index contributed by atoms with van der Waals surface area (Å²) >= 11 is 17.6. The van der Waals surface area contributed by atoms with Crippen molar-refractivity contribution in [2.75, 3.05) is 19.0 Å². The van der Waals surface area contributed by atoms with Crippen LogP contribution in [0.25, 0.3) is 0 Å². The number of ketones is 1. The number of amides is 1. The van der Waals surface area contributed by atoms with E-state index in [1.165, 1.54) is 12.1 Å². The first-order chi connectivity index (χ1) is 10.4. The summed E-state index contributed by atoms with van der Waals surface area (Å²) in [6.45, 7) is 5.64. The molecule has 4 nitrogen and oxygen atoms in total. The lowest BCUT2D eigenvalue weighted by Crippen LogP contribution is -2.30. The molecule has 7 heteroatoms. The predicted octanol–water partition coefficient (Wildman–Crippen LogP) is 3.88. The van der Waals surface area contributed by atoms with E-state index in [0.29, 0.717) is 24.4 Å². The zero-order valence-corrected chi connectivity index (χ0v) is 14.3. The summed E-state index contributed by atoms with van der Waals surface area (Å²) in [5, 5.41) is 2.72.